The molecule has 0 amide bonds. The van der Waals surface area contributed by atoms with Gasteiger partial charge in [0.05, 0.1) is 29.5 Å². The van der Waals surface area contributed by atoms with Crippen molar-refractivity contribution < 1.29 is 23.9 Å². The predicted octanol–water partition coefficient (Wildman–Crippen LogP) is 1.45. The van der Waals surface area contributed by atoms with Gasteiger partial charge in [-0.25, -0.2) is 0 Å². The summed E-state index contributed by atoms with van der Waals surface area (Å²) in [5.74, 6) is -1.87. The minimum absolute atomic E-state index is 0.0615. The van der Waals surface area contributed by atoms with Crippen LogP contribution in [-0.4, -0.2) is 35.8 Å². The van der Waals surface area contributed by atoms with E-state index in [9.17, 15) is 14.4 Å². The Kier molecular flexibility index (Phi) is 2.86. The number of carbonyl (C=O) groups is 3. The van der Waals surface area contributed by atoms with Crippen LogP contribution < -0.4 is 0 Å². The van der Waals surface area contributed by atoms with Crippen molar-refractivity contribution in [3.05, 3.63) is 12.2 Å². The highest BCUT2D eigenvalue weighted by Crippen LogP contribution is 2.55. The number of ether oxygens (including phenoxy) is 2. The molecule has 2 aliphatic carbocycles. The van der Waals surface area contributed by atoms with Crippen LogP contribution in [0.4, 0.5) is 0 Å². The van der Waals surface area contributed by atoms with Crippen molar-refractivity contribution >= 4 is 17.3 Å². The molecule has 1 saturated heterocycles. The van der Waals surface area contributed by atoms with Crippen molar-refractivity contribution in [1.29, 1.82) is 0 Å². The Morgan fingerprint density at radius 1 is 1.14 bits per heavy atom. The Labute approximate surface area is 123 Å². The number of hydrogen-bond donors (Lipinski definition) is 0. The van der Waals surface area contributed by atoms with E-state index in [1.54, 1.807) is 33.8 Å². The van der Waals surface area contributed by atoms with E-state index in [0.29, 0.717) is 0 Å². The van der Waals surface area contributed by atoms with Crippen molar-refractivity contribution in [1.82, 2.24) is 0 Å². The summed E-state index contributed by atoms with van der Waals surface area (Å²) in [7, 11) is 0. The van der Waals surface area contributed by atoms with Gasteiger partial charge in [-0.3, -0.25) is 14.4 Å². The highest BCUT2D eigenvalue weighted by molar-refractivity contribution is 6.20. The maximum Gasteiger partial charge on any atom is 0.163 e. The van der Waals surface area contributed by atoms with Gasteiger partial charge in [0.1, 0.15) is 0 Å². The normalized spacial score (nSPS) is 40.7. The number of allylic oxidation sites excluding steroid dienone is 2. The van der Waals surface area contributed by atoms with Gasteiger partial charge in [0, 0.05) is 6.42 Å². The summed E-state index contributed by atoms with van der Waals surface area (Å²) in [6.45, 7) is 7.09. The highest BCUT2D eigenvalue weighted by atomic mass is 16.7. The Morgan fingerprint density at radius 2 is 1.81 bits per heavy atom. The molecule has 5 heteroatoms. The Morgan fingerprint density at radius 3 is 2.29 bits per heavy atom. The summed E-state index contributed by atoms with van der Waals surface area (Å²) >= 11 is 0. The first-order valence-electron chi connectivity index (χ1n) is 7.23. The van der Waals surface area contributed by atoms with Gasteiger partial charge in [0.25, 0.3) is 0 Å². The number of Topliss-reactive ketones (excluding diaryl/α,β-unsaturated/α-hetero) is 2. The minimum Gasteiger partial charge on any atom is -0.348 e. The molecule has 0 bridgehead atoms. The first-order valence-corrected chi connectivity index (χ1v) is 7.23. The smallest absolute Gasteiger partial charge is 0.163 e. The number of carbonyl (C=O) groups excluding carboxylic acids is 3. The third-order valence-corrected chi connectivity index (χ3v) is 4.88. The van der Waals surface area contributed by atoms with Crippen LogP contribution in [0.15, 0.2) is 12.2 Å². The SMILES string of the molecule is CC1(C)OC[C@@H]([C@@H]2C(=O)C(C)(C)C(=O)[C@]23C=CC(=O)C3)O1. The van der Waals surface area contributed by atoms with Crippen LogP contribution in [0.2, 0.25) is 0 Å². The molecular formula is C16H20O5. The van der Waals surface area contributed by atoms with Crippen LogP contribution in [0.3, 0.4) is 0 Å². The average molecular weight is 292 g/mol. The van der Waals surface area contributed by atoms with Crippen molar-refractivity contribution in [2.75, 3.05) is 6.61 Å². The summed E-state index contributed by atoms with van der Waals surface area (Å²) in [6, 6.07) is 0. The first-order chi connectivity index (χ1) is 9.60. The zero-order valence-electron chi connectivity index (χ0n) is 12.8. The molecule has 0 aromatic heterocycles. The largest absolute Gasteiger partial charge is 0.348 e. The van der Waals surface area contributed by atoms with Gasteiger partial charge in [-0.2, -0.15) is 0 Å². The molecule has 3 rings (SSSR count). The van der Waals surface area contributed by atoms with Gasteiger partial charge >= 0.3 is 0 Å². The molecule has 1 aliphatic heterocycles. The van der Waals surface area contributed by atoms with Crippen LogP contribution in [0.25, 0.3) is 0 Å². The second-order valence-electron chi connectivity index (χ2n) is 7.18. The van der Waals surface area contributed by atoms with E-state index in [1.807, 2.05) is 0 Å². The van der Waals surface area contributed by atoms with Crippen LogP contribution in [-0.2, 0) is 23.9 Å². The molecule has 114 valence electrons. The molecule has 0 unspecified atom stereocenters. The fourth-order valence-corrected chi connectivity index (χ4v) is 3.86. The third kappa shape index (κ3) is 1.87. The van der Waals surface area contributed by atoms with Gasteiger partial charge in [0.2, 0.25) is 0 Å². The fourth-order valence-electron chi connectivity index (χ4n) is 3.86. The predicted molar refractivity (Wildman–Crippen MR) is 73.4 cm³/mol. The van der Waals surface area contributed by atoms with E-state index >= 15 is 0 Å². The molecule has 0 aromatic rings. The van der Waals surface area contributed by atoms with Crippen LogP contribution in [0.5, 0.6) is 0 Å². The van der Waals surface area contributed by atoms with Crippen molar-refractivity contribution in [3.8, 4) is 0 Å². The van der Waals surface area contributed by atoms with Crippen LogP contribution in [0.1, 0.15) is 34.1 Å². The van der Waals surface area contributed by atoms with Crippen molar-refractivity contribution in [2.45, 2.75) is 46.0 Å². The lowest BCUT2D eigenvalue weighted by atomic mass is 9.73. The molecule has 1 saturated carbocycles. The summed E-state index contributed by atoms with van der Waals surface area (Å²) in [5, 5.41) is 0. The maximum absolute atomic E-state index is 12.8. The topological polar surface area (TPSA) is 69.7 Å². The quantitative estimate of drug-likeness (QED) is 0.684. The average Bonchev–Trinajstić information content (AvgIpc) is 2.96. The molecular weight excluding hydrogens is 272 g/mol. The molecule has 5 nitrogen and oxygen atoms in total. The molecule has 2 fully saturated rings. The molecule has 1 spiro atoms. The molecule has 0 aromatic carbocycles. The zero-order chi connectivity index (χ0) is 15.6. The summed E-state index contributed by atoms with van der Waals surface area (Å²) in [6.07, 6.45) is 2.60. The number of hydrogen-bond acceptors (Lipinski definition) is 5. The lowest BCUT2D eigenvalue weighted by molar-refractivity contribution is -0.154. The molecule has 3 atom stereocenters. The highest BCUT2D eigenvalue weighted by Gasteiger charge is 2.67. The van der Waals surface area contributed by atoms with E-state index in [2.05, 4.69) is 0 Å². The van der Waals surface area contributed by atoms with Gasteiger partial charge in [-0.15, -0.1) is 0 Å². The monoisotopic (exact) mass is 292 g/mol. The molecule has 0 N–H and O–H groups in total. The second-order valence-corrected chi connectivity index (χ2v) is 7.18. The summed E-state index contributed by atoms with van der Waals surface area (Å²) in [4.78, 5) is 37.3. The van der Waals surface area contributed by atoms with E-state index < -0.39 is 28.6 Å². The minimum atomic E-state index is -1.09. The summed E-state index contributed by atoms with van der Waals surface area (Å²) in [5.41, 5.74) is -2.14. The molecule has 21 heavy (non-hydrogen) atoms. The van der Waals surface area contributed by atoms with Gasteiger partial charge < -0.3 is 9.47 Å². The molecule has 1 heterocycles. The first kappa shape index (κ1) is 14.6. The van der Waals surface area contributed by atoms with Crippen molar-refractivity contribution in [2.24, 2.45) is 16.7 Å². The van der Waals surface area contributed by atoms with Crippen LogP contribution in [0, 0.1) is 16.7 Å². The summed E-state index contributed by atoms with van der Waals surface area (Å²) < 4.78 is 11.4. The second kappa shape index (κ2) is 4.11. The molecule has 3 aliphatic rings. The van der Waals surface area contributed by atoms with Gasteiger partial charge in [-0.1, -0.05) is 6.08 Å². The standard InChI is InChI=1S/C16H20O5/c1-14(2)12(18)11(10-8-20-15(3,4)21-10)16(13(14)19)6-5-9(17)7-16/h5-6,10-11H,7-8H2,1-4H3/t10-,11+,16-/m0/s1. The van der Waals surface area contributed by atoms with E-state index in [4.69, 9.17) is 9.47 Å². The number of rotatable bonds is 1. The van der Waals surface area contributed by atoms with Crippen molar-refractivity contribution in [3.63, 3.8) is 0 Å². The lowest BCUT2D eigenvalue weighted by Crippen LogP contribution is -2.41. The van der Waals surface area contributed by atoms with Gasteiger partial charge in [-0.05, 0) is 33.8 Å². The molecule has 0 radical (unpaired) electrons. The Hall–Kier alpha value is -1.33. The van der Waals surface area contributed by atoms with E-state index in [0.717, 1.165) is 0 Å². The maximum atomic E-state index is 12.8. The third-order valence-electron chi connectivity index (χ3n) is 4.88. The van der Waals surface area contributed by atoms with Gasteiger partial charge in [0.15, 0.2) is 23.1 Å². The lowest BCUT2D eigenvalue weighted by Gasteiger charge is -2.30. The van der Waals surface area contributed by atoms with Crippen LogP contribution >= 0.6 is 0 Å². The Balaban J connectivity index is 2.05. The van der Waals surface area contributed by atoms with E-state index in [-0.39, 0.29) is 30.4 Å². The number of ketones is 3. The fraction of sp³-hybridized carbons (Fsp3) is 0.688. The zero-order valence-corrected chi connectivity index (χ0v) is 12.8. The van der Waals surface area contributed by atoms with E-state index in [1.165, 1.54) is 6.08 Å². The Bertz CT molecular complexity index is 571.